The van der Waals surface area contributed by atoms with Crippen LogP contribution in [-0.2, 0) is 6.42 Å². The molecule has 0 heterocycles. The van der Waals surface area contributed by atoms with Gasteiger partial charge in [-0.1, -0.05) is 30.9 Å². The molecule has 68 valence electrons. The van der Waals surface area contributed by atoms with E-state index in [2.05, 4.69) is 13.2 Å². The third-order valence-electron chi connectivity index (χ3n) is 1.96. The van der Waals surface area contributed by atoms with E-state index in [-0.39, 0.29) is 0 Å². The minimum Gasteiger partial charge on any atom is -0.496 e. The Kier molecular flexibility index (Phi) is 3.32. The molecule has 0 atom stereocenters. The summed E-state index contributed by atoms with van der Waals surface area (Å²) in [6.45, 7) is 7.48. The fourth-order valence-corrected chi connectivity index (χ4v) is 1.33. The Labute approximate surface area is 79.4 Å². The van der Waals surface area contributed by atoms with Gasteiger partial charge in [0.25, 0.3) is 0 Å². The molecule has 1 nitrogen and oxygen atoms in total. The van der Waals surface area contributed by atoms with Crippen LogP contribution in [0.25, 0.3) is 6.08 Å². The van der Waals surface area contributed by atoms with Gasteiger partial charge in [-0.25, -0.2) is 0 Å². The summed E-state index contributed by atoms with van der Waals surface area (Å²) >= 11 is 0. The summed E-state index contributed by atoms with van der Waals surface area (Å²) in [6.07, 6.45) is 4.51. The second-order valence-electron chi connectivity index (χ2n) is 2.72. The first-order valence-corrected chi connectivity index (χ1v) is 4.22. The van der Waals surface area contributed by atoms with Crippen LogP contribution in [0.2, 0.25) is 0 Å². The van der Waals surface area contributed by atoms with Gasteiger partial charge in [-0.3, -0.25) is 0 Å². The minimum absolute atomic E-state index is 0.811. The average Bonchev–Trinajstić information content (AvgIpc) is 2.18. The first kappa shape index (κ1) is 9.59. The number of ether oxygens (including phenoxy) is 1. The number of hydrogen-bond acceptors (Lipinski definition) is 1. The van der Waals surface area contributed by atoms with Crippen molar-refractivity contribution in [3.05, 3.63) is 48.6 Å². The van der Waals surface area contributed by atoms with Crippen LogP contribution in [0.4, 0.5) is 0 Å². The summed E-state index contributed by atoms with van der Waals surface area (Å²) in [7, 11) is 1.68. The maximum Gasteiger partial charge on any atom is 0.122 e. The zero-order valence-electron chi connectivity index (χ0n) is 7.92. The monoisotopic (exact) mass is 174 g/mol. The summed E-state index contributed by atoms with van der Waals surface area (Å²) in [5, 5.41) is 0. The van der Waals surface area contributed by atoms with E-state index < -0.39 is 0 Å². The van der Waals surface area contributed by atoms with Crippen molar-refractivity contribution >= 4 is 6.08 Å². The van der Waals surface area contributed by atoms with Crippen molar-refractivity contribution < 1.29 is 4.74 Å². The maximum absolute atomic E-state index is 5.24. The number of hydrogen-bond donors (Lipinski definition) is 0. The highest BCUT2D eigenvalue weighted by Crippen LogP contribution is 2.23. The van der Waals surface area contributed by atoms with E-state index in [1.807, 2.05) is 30.4 Å². The summed E-state index contributed by atoms with van der Waals surface area (Å²) in [5.41, 5.74) is 2.26. The van der Waals surface area contributed by atoms with Crippen molar-refractivity contribution in [3.63, 3.8) is 0 Å². The predicted molar refractivity (Wildman–Crippen MR) is 57.0 cm³/mol. The molecule has 0 bridgehead atoms. The fraction of sp³-hybridized carbons (Fsp3) is 0.167. The Morgan fingerprint density at radius 3 is 2.69 bits per heavy atom. The van der Waals surface area contributed by atoms with Gasteiger partial charge in [-0.05, 0) is 18.1 Å². The molecule has 1 aromatic carbocycles. The van der Waals surface area contributed by atoms with Crippen LogP contribution in [0.1, 0.15) is 11.1 Å². The van der Waals surface area contributed by atoms with E-state index in [9.17, 15) is 0 Å². The molecular weight excluding hydrogens is 160 g/mol. The van der Waals surface area contributed by atoms with E-state index in [1.165, 1.54) is 0 Å². The van der Waals surface area contributed by atoms with Gasteiger partial charge in [0.1, 0.15) is 5.75 Å². The number of allylic oxidation sites excluding steroid dienone is 1. The first-order valence-electron chi connectivity index (χ1n) is 4.22. The van der Waals surface area contributed by atoms with Crippen molar-refractivity contribution in [1.29, 1.82) is 0 Å². The van der Waals surface area contributed by atoms with Crippen LogP contribution >= 0.6 is 0 Å². The quantitative estimate of drug-likeness (QED) is 0.637. The van der Waals surface area contributed by atoms with Gasteiger partial charge in [-0.15, -0.1) is 6.58 Å². The molecule has 1 rings (SSSR count). The Hall–Kier alpha value is -1.50. The lowest BCUT2D eigenvalue weighted by molar-refractivity contribution is 0.410. The number of methoxy groups -OCH3 is 1. The van der Waals surface area contributed by atoms with Crippen molar-refractivity contribution in [2.75, 3.05) is 7.11 Å². The van der Waals surface area contributed by atoms with Crippen molar-refractivity contribution in [2.24, 2.45) is 0 Å². The van der Waals surface area contributed by atoms with Gasteiger partial charge in [0.2, 0.25) is 0 Å². The topological polar surface area (TPSA) is 9.23 Å². The van der Waals surface area contributed by atoms with Crippen LogP contribution in [0.5, 0.6) is 5.75 Å². The molecule has 1 aromatic rings. The molecule has 0 radical (unpaired) electrons. The van der Waals surface area contributed by atoms with E-state index in [0.29, 0.717) is 0 Å². The molecule has 1 heteroatoms. The Morgan fingerprint density at radius 2 is 2.15 bits per heavy atom. The molecule has 0 aromatic heterocycles. The minimum atomic E-state index is 0.811. The summed E-state index contributed by atoms with van der Waals surface area (Å²) < 4.78 is 5.24. The van der Waals surface area contributed by atoms with Crippen LogP contribution < -0.4 is 4.74 Å². The lowest BCUT2D eigenvalue weighted by Crippen LogP contribution is -1.93. The largest absolute Gasteiger partial charge is 0.496 e. The lowest BCUT2D eigenvalue weighted by Gasteiger charge is -2.09. The molecule has 0 fully saturated rings. The smallest absolute Gasteiger partial charge is 0.122 e. The molecule has 0 aliphatic rings. The first-order chi connectivity index (χ1) is 6.33. The lowest BCUT2D eigenvalue weighted by atomic mass is 10.0. The molecule has 0 aliphatic heterocycles. The molecule has 0 N–H and O–H groups in total. The van der Waals surface area contributed by atoms with E-state index in [4.69, 9.17) is 4.74 Å². The Morgan fingerprint density at radius 1 is 1.38 bits per heavy atom. The highest BCUT2D eigenvalue weighted by Gasteiger charge is 2.03. The standard InChI is InChI=1S/C12H14O/c1-4-7-11-10(5-2)8-6-9-12(11)13-3/h4-6,8-9H,1-2,7H2,3H3. The predicted octanol–water partition coefficient (Wildman–Crippen LogP) is 3.07. The van der Waals surface area contributed by atoms with Gasteiger partial charge >= 0.3 is 0 Å². The molecule has 0 saturated heterocycles. The second-order valence-corrected chi connectivity index (χ2v) is 2.72. The molecule has 0 spiro atoms. The third-order valence-corrected chi connectivity index (χ3v) is 1.96. The van der Waals surface area contributed by atoms with Crippen LogP contribution in [0.3, 0.4) is 0 Å². The number of benzene rings is 1. The third kappa shape index (κ3) is 2.00. The van der Waals surface area contributed by atoms with E-state index >= 15 is 0 Å². The van der Waals surface area contributed by atoms with Gasteiger partial charge in [0, 0.05) is 5.56 Å². The van der Waals surface area contributed by atoms with Gasteiger partial charge < -0.3 is 4.74 Å². The molecule has 0 unspecified atom stereocenters. The van der Waals surface area contributed by atoms with Crippen molar-refractivity contribution in [2.45, 2.75) is 6.42 Å². The molecular formula is C12H14O. The SMILES string of the molecule is C=CCc1c(C=C)cccc1OC. The van der Waals surface area contributed by atoms with Crippen molar-refractivity contribution in [1.82, 2.24) is 0 Å². The zero-order valence-corrected chi connectivity index (χ0v) is 7.92. The van der Waals surface area contributed by atoms with Crippen LogP contribution in [0.15, 0.2) is 37.4 Å². The average molecular weight is 174 g/mol. The van der Waals surface area contributed by atoms with E-state index in [0.717, 1.165) is 23.3 Å². The summed E-state index contributed by atoms with van der Waals surface area (Å²) in [5.74, 6) is 0.900. The molecule has 0 amide bonds. The fourth-order valence-electron chi connectivity index (χ4n) is 1.33. The Balaban J connectivity index is 3.20. The van der Waals surface area contributed by atoms with Crippen LogP contribution in [-0.4, -0.2) is 7.11 Å². The summed E-state index contributed by atoms with van der Waals surface area (Å²) in [4.78, 5) is 0. The second kappa shape index (κ2) is 4.51. The van der Waals surface area contributed by atoms with Gasteiger partial charge in [0.05, 0.1) is 7.11 Å². The maximum atomic E-state index is 5.24. The van der Waals surface area contributed by atoms with Gasteiger partial charge in [0.15, 0.2) is 0 Å². The van der Waals surface area contributed by atoms with Gasteiger partial charge in [-0.2, -0.15) is 0 Å². The zero-order chi connectivity index (χ0) is 9.68. The normalized spacial score (nSPS) is 9.31. The molecule has 0 aliphatic carbocycles. The highest BCUT2D eigenvalue weighted by molar-refractivity contribution is 5.57. The summed E-state index contributed by atoms with van der Waals surface area (Å²) in [6, 6.07) is 5.93. The molecule has 13 heavy (non-hydrogen) atoms. The van der Waals surface area contributed by atoms with E-state index in [1.54, 1.807) is 7.11 Å². The van der Waals surface area contributed by atoms with Crippen molar-refractivity contribution in [3.8, 4) is 5.75 Å². The Bertz CT molecular complexity index is 313. The van der Waals surface area contributed by atoms with Crippen LogP contribution in [0, 0.1) is 0 Å². The number of rotatable bonds is 4. The molecule has 0 saturated carbocycles. The highest BCUT2D eigenvalue weighted by atomic mass is 16.5.